The van der Waals surface area contributed by atoms with E-state index in [1.54, 1.807) is 34.1 Å². The number of amides is 4. The first-order valence-corrected chi connectivity index (χ1v) is 19.9. The summed E-state index contributed by atoms with van der Waals surface area (Å²) < 4.78 is 11.8. The van der Waals surface area contributed by atoms with E-state index in [-0.39, 0.29) is 31.0 Å². The fourth-order valence-corrected chi connectivity index (χ4v) is 7.48. The summed E-state index contributed by atoms with van der Waals surface area (Å²) in [6.45, 7) is 5.95. The first kappa shape index (κ1) is 41.8. The van der Waals surface area contributed by atoms with Gasteiger partial charge in [0.1, 0.15) is 12.2 Å². The quantitative estimate of drug-likeness (QED) is 0.0778. The molecule has 0 aliphatic carbocycles. The third-order valence-electron chi connectivity index (χ3n) is 8.26. The summed E-state index contributed by atoms with van der Waals surface area (Å²) in [4.78, 5) is 58.9. The summed E-state index contributed by atoms with van der Waals surface area (Å²) in [7, 11) is 0. The summed E-state index contributed by atoms with van der Waals surface area (Å²) in [5.41, 5.74) is 7.97. The number of carbonyl (C=O) groups excluding carboxylic acids is 4. The standard InChI is InChI=1S/C18H17ClN4O3S.C18H20ClN3O3S.CH4N2/c19-16-6-5-15(27-16)17(24)21-9-14-10-23(18(25)26-14)13-3-1-12(2-4-13)22-8-7-20-11-22;1-2-9-20-12-3-5-13(6-4-12)22-11-14(25-18(22)24)10-21-17(23)15-7-8-16(19)26-15;2-1-3/h1-6,11,14H,7-10H2,(H,21,24);3-8,14,20H,2,9-11H2,1H3,(H,21,23);1H,(H3,2,3)/t2*14-;/m00./s1. The molecule has 7 rings (SSSR count). The van der Waals surface area contributed by atoms with Crippen LogP contribution < -0.4 is 36.4 Å². The number of halogens is 2. The van der Waals surface area contributed by atoms with E-state index in [1.165, 1.54) is 22.7 Å². The van der Waals surface area contributed by atoms with Crippen LogP contribution >= 0.6 is 45.9 Å². The average Bonchev–Trinajstić information content (AvgIpc) is 4.06. The third kappa shape index (κ3) is 11.6. The van der Waals surface area contributed by atoms with E-state index in [9.17, 15) is 19.2 Å². The minimum atomic E-state index is -0.413. The Kier molecular flexibility index (Phi) is 15.3. The molecule has 0 saturated carbocycles. The van der Waals surface area contributed by atoms with Crippen molar-refractivity contribution in [2.24, 2.45) is 10.7 Å². The lowest BCUT2D eigenvalue weighted by atomic mass is 10.2. The van der Waals surface area contributed by atoms with Gasteiger partial charge in [0.15, 0.2) is 0 Å². The van der Waals surface area contributed by atoms with Crippen molar-refractivity contribution in [3.05, 3.63) is 91.2 Å². The normalized spacial score (nSPS) is 16.9. The number of nitrogens with zero attached hydrogens (tertiary/aromatic N) is 4. The van der Waals surface area contributed by atoms with Crippen molar-refractivity contribution in [3.63, 3.8) is 0 Å². The second-order valence-corrected chi connectivity index (χ2v) is 15.7. The molecular weight excluding hydrogens is 802 g/mol. The fourth-order valence-electron chi connectivity index (χ4n) is 5.57. The Balaban J connectivity index is 0.000000201. The molecule has 19 heteroatoms. The molecule has 0 bridgehead atoms. The number of hydrogen-bond donors (Lipinski definition) is 5. The highest BCUT2D eigenvalue weighted by Crippen LogP contribution is 2.27. The van der Waals surface area contributed by atoms with E-state index in [0.717, 1.165) is 55.1 Å². The van der Waals surface area contributed by atoms with Gasteiger partial charge in [-0.2, -0.15) is 0 Å². The van der Waals surface area contributed by atoms with E-state index >= 15 is 0 Å². The Morgan fingerprint density at radius 3 is 1.70 bits per heavy atom. The van der Waals surface area contributed by atoms with Gasteiger partial charge in [0.05, 0.1) is 63.8 Å². The largest absolute Gasteiger partial charge is 0.442 e. The lowest BCUT2D eigenvalue weighted by molar-refractivity contribution is 0.0915. The van der Waals surface area contributed by atoms with Gasteiger partial charge in [-0.05, 0) is 79.2 Å². The van der Waals surface area contributed by atoms with Crippen LogP contribution in [0.15, 0.2) is 77.8 Å². The Labute approximate surface area is 341 Å². The third-order valence-corrected chi connectivity index (χ3v) is 10.7. The SMILES string of the molecule is CCCNc1ccc(N2C[C@H](CNC(=O)c3ccc(Cl)s3)OC2=O)cc1.N=CN.O=C(NC[C@H]1CN(c2ccc(N3C=NCC3)cc2)C(=O)O1)c1ccc(Cl)s1. The minimum Gasteiger partial charge on any atom is -0.442 e. The number of carbonyl (C=O) groups is 4. The summed E-state index contributed by atoms with van der Waals surface area (Å²) in [5.74, 6) is -0.444. The molecule has 5 heterocycles. The topological polar surface area (TPSA) is 195 Å². The smallest absolute Gasteiger partial charge is 0.414 e. The van der Waals surface area contributed by atoms with Gasteiger partial charge >= 0.3 is 12.2 Å². The number of hydrogen-bond acceptors (Lipinski definition) is 12. The van der Waals surface area contributed by atoms with Gasteiger partial charge in [0.25, 0.3) is 11.8 Å². The molecule has 3 aliphatic rings. The number of rotatable bonds is 12. The summed E-state index contributed by atoms with van der Waals surface area (Å²) in [6, 6.07) is 22.0. The zero-order valence-electron chi connectivity index (χ0n) is 30.3. The molecule has 3 aliphatic heterocycles. The molecule has 6 N–H and O–H groups in total. The number of anilines is 4. The first-order valence-electron chi connectivity index (χ1n) is 17.5. The lowest BCUT2D eigenvalue weighted by Crippen LogP contribution is -2.34. The van der Waals surface area contributed by atoms with Crippen LogP contribution in [0.1, 0.15) is 32.7 Å². The summed E-state index contributed by atoms with van der Waals surface area (Å²) in [5, 5.41) is 14.7. The van der Waals surface area contributed by atoms with E-state index in [4.69, 9.17) is 38.1 Å². The zero-order chi connectivity index (χ0) is 40.0. The van der Waals surface area contributed by atoms with E-state index < -0.39 is 18.3 Å². The first-order chi connectivity index (χ1) is 27.1. The Morgan fingerprint density at radius 1 is 0.821 bits per heavy atom. The Hall–Kier alpha value is -5.36. The van der Waals surface area contributed by atoms with Crippen molar-refractivity contribution < 1.29 is 28.7 Å². The molecule has 4 aromatic rings. The number of nitrogens with two attached hydrogens (primary N) is 1. The molecule has 56 heavy (non-hydrogen) atoms. The van der Waals surface area contributed by atoms with E-state index in [1.807, 2.05) is 54.9 Å². The maximum absolute atomic E-state index is 12.2. The van der Waals surface area contributed by atoms with Gasteiger partial charge in [-0.1, -0.05) is 30.1 Å². The zero-order valence-corrected chi connectivity index (χ0v) is 33.4. The van der Waals surface area contributed by atoms with Crippen molar-refractivity contribution in [3.8, 4) is 0 Å². The predicted molar refractivity (Wildman–Crippen MR) is 224 cm³/mol. The van der Waals surface area contributed by atoms with Crippen molar-refractivity contribution >= 4 is 105 Å². The van der Waals surface area contributed by atoms with Gasteiger partial charge in [0, 0.05) is 35.8 Å². The second kappa shape index (κ2) is 20.5. The number of thiophene rings is 2. The van der Waals surface area contributed by atoms with Gasteiger partial charge in [0.2, 0.25) is 0 Å². The summed E-state index contributed by atoms with van der Waals surface area (Å²) in [6.07, 6.45) is 2.01. The highest BCUT2D eigenvalue weighted by Gasteiger charge is 2.34. The van der Waals surface area contributed by atoms with Crippen LogP contribution in [0.4, 0.5) is 32.3 Å². The van der Waals surface area contributed by atoms with Crippen LogP contribution in [0.25, 0.3) is 0 Å². The van der Waals surface area contributed by atoms with Gasteiger partial charge in [-0.3, -0.25) is 29.8 Å². The molecule has 0 spiro atoms. The maximum atomic E-state index is 12.2. The Morgan fingerprint density at radius 2 is 1.29 bits per heavy atom. The highest BCUT2D eigenvalue weighted by atomic mass is 35.5. The fraction of sp³-hybridized carbons (Fsp3) is 0.297. The molecule has 2 fully saturated rings. The maximum Gasteiger partial charge on any atom is 0.414 e. The molecule has 15 nitrogen and oxygen atoms in total. The van der Waals surface area contributed by atoms with Gasteiger partial charge in [-0.25, -0.2) is 9.59 Å². The van der Waals surface area contributed by atoms with Gasteiger partial charge < -0.3 is 36.1 Å². The molecule has 2 aromatic heterocycles. The molecule has 4 amide bonds. The van der Waals surface area contributed by atoms with Crippen LogP contribution in [-0.2, 0) is 9.47 Å². The van der Waals surface area contributed by atoms with E-state index in [0.29, 0.717) is 31.5 Å². The highest BCUT2D eigenvalue weighted by molar-refractivity contribution is 7.18. The van der Waals surface area contributed by atoms with Crippen LogP contribution in [0.2, 0.25) is 8.67 Å². The minimum absolute atomic E-state index is 0.220. The molecular formula is C37H41Cl2N9O6S2. The summed E-state index contributed by atoms with van der Waals surface area (Å²) >= 11 is 14.1. The van der Waals surface area contributed by atoms with Crippen molar-refractivity contribution in [1.82, 2.24) is 10.6 Å². The second-order valence-electron chi connectivity index (χ2n) is 12.2. The lowest BCUT2D eigenvalue weighted by Gasteiger charge is -2.17. The Bertz CT molecular complexity index is 1990. The van der Waals surface area contributed by atoms with Crippen molar-refractivity contribution in [1.29, 1.82) is 5.41 Å². The molecule has 0 radical (unpaired) electrons. The van der Waals surface area contributed by atoms with Crippen LogP contribution in [-0.4, -0.2) is 94.7 Å². The molecule has 2 atom stereocenters. The molecule has 0 unspecified atom stereocenters. The number of aliphatic imine (C=N–C) groups is 1. The molecule has 296 valence electrons. The molecule has 2 saturated heterocycles. The average molecular weight is 843 g/mol. The van der Waals surface area contributed by atoms with E-state index in [2.05, 4.69) is 38.5 Å². The monoisotopic (exact) mass is 841 g/mol. The van der Waals surface area contributed by atoms with Crippen LogP contribution in [0.5, 0.6) is 0 Å². The van der Waals surface area contributed by atoms with Crippen molar-refractivity contribution in [2.75, 3.05) is 65.8 Å². The number of cyclic esters (lactones) is 2. The van der Waals surface area contributed by atoms with Crippen LogP contribution in [0, 0.1) is 5.41 Å². The number of nitrogens with one attached hydrogen (secondary N) is 4. The van der Waals surface area contributed by atoms with Crippen molar-refractivity contribution in [2.45, 2.75) is 25.6 Å². The number of benzene rings is 2. The number of ether oxygens (including phenoxy) is 2. The van der Waals surface area contributed by atoms with Gasteiger partial charge in [-0.15, -0.1) is 22.7 Å². The molecule has 2 aromatic carbocycles. The van der Waals surface area contributed by atoms with Crippen LogP contribution in [0.3, 0.4) is 0 Å². The predicted octanol–water partition coefficient (Wildman–Crippen LogP) is 6.54.